The summed E-state index contributed by atoms with van der Waals surface area (Å²) in [6.45, 7) is 12.0. The highest BCUT2D eigenvalue weighted by Gasteiger charge is 2.42. The van der Waals surface area contributed by atoms with E-state index >= 15 is 0 Å². The number of benzene rings is 3. The van der Waals surface area contributed by atoms with Crippen LogP contribution in [0.25, 0.3) is 4.85 Å². The summed E-state index contributed by atoms with van der Waals surface area (Å²) in [7, 11) is 0. The Bertz CT molecular complexity index is 2130. The van der Waals surface area contributed by atoms with Crippen LogP contribution in [0.2, 0.25) is 0 Å². The minimum absolute atomic E-state index is 0.0911. The van der Waals surface area contributed by atoms with E-state index in [1.807, 2.05) is 6.07 Å². The van der Waals surface area contributed by atoms with E-state index in [1.165, 1.54) is 107 Å². The molecule has 0 bridgehead atoms. The standard InChI is InChI=1S/C51H59N7/c1-4-5-6-13-26-50(27-16-17-28-50)37-40-33-46(58-48(34-40)57-29-22-44(53)38-52)51(41-18-9-7-10-19-41,42-20-11-8-12-21-42)43-31-39(36-49(2)24-14-15-25-49)32-45(35-43)56-30-23-47(54)55-3/h7-12,18-23,29-35,54,56H,4-6,13-17,24-28,36-37,53H2,1-2H3. The third-order valence-corrected chi connectivity index (χ3v) is 12.5. The number of hydrogen-bond acceptors (Lipinski definition) is 6. The van der Waals surface area contributed by atoms with Crippen LogP contribution in [0.4, 0.5) is 11.5 Å². The number of rotatable bonds is 18. The highest BCUT2D eigenvalue weighted by Crippen LogP contribution is 2.49. The fourth-order valence-corrected chi connectivity index (χ4v) is 9.73. The molecule has 0 saturated heterocycles. The molecule has 0 aliphatic heterocycles. The second-order valence-electron chi connectivity index (χ2n) is 17.0. The summed E-state index contributed by atoms with van der Waals surface area (Å²) < 4.78 is 0. The van der Waals surface area contributed by atoms with E-state index in [-0.39, 0.29) is 22.4 Å². The van der Waals surface area contributed by atoms with Crippen LogP contribution in [0.1, 0.15) is 131 Å². The number of nitrogens with two attached hydrogens (primary N) is 1. The number of nitriles is 1. The van der Waals surface area contributed by atoms with Gasteiger partial charge in [-0.15, -0.1) is 0 Å². The molecule has 7 nitrogen and oxygen atoms in total. The maximum Gasteiger partial charge on any atom is 0.263 e. The van der Waals surface area contributed by atoms with Gasteiger partial charge in [-0.3, -0.25) is 0 Å². The second kappa shape index (κ2) is 19.6. The van der Waals surface area contributed by atoms with Crippen molar-refractivity contribution in [3.63, 3.8) is 0 Å². The predicted octanol–water partition coefficient (Wildman–Crippen LogP) is 12.6. The quantitative estimate of drug-likeness (QED) is 0.0233. The van der Waals surface area contributed by atoms with Gasteiger partial charge in [-0.1, -0.05) is 139 Å². The van der Waals surface area contributed by atoms with Crippen molar-refractivity contribution in [2.24, 2.45) is 21.6 Å². The average Bonchev–Trinajstić information content (AvgIpc) is 3.89. The summed E-state index contributed by atoms with van der Waals surface area (Å²) in [5, 5.41) is 20.8. The first-order valence-electron chi connectivity index (χ1n) is 21.3. The molecule has 4 aromatic rings. The van der Waals surface area contributed by atoms with Crippen molar-refractivity contribution in [3.8, 4) is 6.07 Å². The molecule has 7 heteroatoms. The van der Waals surface area contributed by atoms with Crippen molar-refractivity contribution >= 4 is 23.6 Å². The van der Waals surface area contributed by atoms with Crippen LogP contribution in [0.3, 0.4) is 0 Å². The topological polar surface area (TPSA) is 115 Å². The zero-order valence-electron chi connectivity index (χ0n) is 34.4. The Balaban J connectivity index is 1.63. The Labute approximate surface area is 346 Å². The van der Waals surface area contributed by atoms with Crippen LogP contribution in [0.15, 0.2) is 120 Å². The summed E-state index contributed by atoms with van der Waals surface area (Å²) in [6, 6.07) is 34.7. The first-order chi connectivity index (χ1) is 28.2. The van der Waals surface area contributed by atoms with E-state index in [0.717, 1.165) is 40.9 Å². The molecule has 6 rings (SSSR count). The van der Waals surface area contributed by atoms with Crippen molar-refractivity contribution in [2.45, 2.75) is 116 Å². The fourth-order valence-electron chi connectivity index (χ4n) is 9.73. The highest BCUT2D eigenvalue weighted by molar-refractivity contribution is 5.98. The van der Waals surface area contributed by atoms with Crippen molar-refractivity contribution in [1.82, 2.24) is 4.98 Å². The van der Waals surface area contributed by atoms with Gasteiger partial charge in [-0.25, -0.2) is 9.98 Å². The Morgan fingerprint density at radius 1 is 0.897 bits per heavy atom. The smallest absolute Gasteiger partial charge is 0.263 e. The molecular weight excluding hydrogens is 711 g/mol. The van der Waals surface area contributed by atoms with Gasteiger partial charge in [0.05, 0.1) is 11.1 Å². The number of anilines is 1. The average molecular weight is 770 g/mol. The van der Waals surface area contributed by atoms with Gasteiger partial charge in [0.2, 0.25) is 0 Å². The molecule has 1 heterocycles. The number of nitrogens with one attached hydrogen (secondary N) is 2. The summed E-state index contributed by atoms with van der Waals surface area (Å²) in [5.41, 5.74) is 13.0. The molecular formula is C51H59N7. The Kier molecular flexibility index (Phi) is 14.1. The van der Waals surface area contributed by atoms with Crippen molar-refractivity contribution < 1.29 is 0 Å². The number of nitrogens with zero attached hydrogens (tertiary/aromatic N) is 4. The molecule has 0 radical (unpaired) electrons. The van der Waals surface area contributed by atoms with Crippen LogP contribution in [0.5, 0.6) is 0 Å². The van der Waals surface area contributed by atoms with Gasteiger partial charge >= 0.3 is 0 Å². The molecule has 2 aliphatic rings. The van der Waals surface area contributed by atoms with E-state index < -0.39 is 5.41 Å². The molecule has 2 aliphatic carbocycles. The van der Waals surface area contributed by atoms with Crippen molar-refractivity contribution in [2.75, 3.05) is 5.32 Å². The van der Waals surface area contributed by atoms with Gasteiger partial charge in [-0.05, 0) is 126 Å². The lowest BCUT2D eigenvalue weighted by molar-refractivity contribution is 0.258. The van der Waals surface area contributed by atoms with E-state index in [9.17, 15) is 5.26 Å². The monoisotopic (exact) mass is 769 g/mol. The summed E-state index contributed by atoms with van der Waals surface area (Å²) in [5.74, 6) is 0.453. The molecule has 2 saturated carbocycles. The maximum absolute atomic E-state index is 9.39. The van der Waals surface area contributed by atoms with Crippen LogP contribution in [0, 0.1) is 34.1 Å². The fraction of sp³-hybridized carbons (Fsp3) is 0.392. The number of aromatic nitrogens is 1. The maximum atomic E-state index is 9.39. The molecule has 2 fully saturated rings. The molecule has 3 aromatic carbocycles. The lowest BCUT2D eigenvalue weighted by Gasteiger charge is -2.37. The van der Waals surface area contributed by atoms with Crippen LogP contribution in [-0.4, -0.2) is 17.0 Å². The summed E-state index contributed by atoms with van der Waals surface area (Å²) in [6.07, 6.45) is 24.3. The van der Waals surface area contributed by atoms with Gasteiger partial charge in [-0.2, -0.15) is 10.7 Å². The molecule has 4 N–H and O–H groups in total. The van der Waals surface area contributed by atoms with Crippen molar-refractivity contribution in [1.29, 1.82) is 10.7 Å². The number of hydrogen-bond donors (Lipinski definition) is 3. The molecule has 0 amide bonds. The van der Waals surface area contributed by atoms with Crippen LogP contribution >= 0.6 is 0 Å². The SMILES string of the molecule is [C-]#[N+]C(=N)C=CNc1cc(CC2(C)CCCC2)cc(C(c2ccccc2)(c2ccccc2)c2cc(CC3(CCCCCC)CCCC3)cc(N=CC=C(N)C#N)n2)c1. The van der Waals surface area contributed by atoms with Crippen LogP contribution in [-0.2, 0) is 18.3 Å². The third kappa shape index (κ3) is 10.2. The second-order valence-corrected chi connectivity index (χ2v) is 17.0. The zero-order valence-corrected chi connectivity index (χ0v) is 34.4. The van der Waals surface area contributed by atoms with Gasteiger partial charge in [0.1, 0.15) is 11.8 Å². The van der Waals surface area contributed by atoms with Gasteiger partial charge < -0.3 is 15.9 Å². The van der Waals surface area contributed by atoms with Gasteiger partial charge in [0.25, 0.3) is 5.84 Å². The predicted molar refractivity (Wildman–Crippen MR) is 239 cm³/mol. The Morgan fingerprint density at radius 3 is 2.19 bits per heavy atom. The number of pyridine rings is 1. The van der Waals surface area contributed by atoms with Crippen LogP contribution < -0.4 is 11.1 Å². The molecule has 1 aromatic heterocycles. The highest BCUT2D eigenvalue weighted by atomic mass is 14.9. The number of allylic oxidation sites excluding steroid dienone is 2. The molecule has 0 atom stereocenters. The number of amidine groups is 1. The minimum atomic E-state index is -0.857. The molecule has 58 heavy (non-hydrogen) atoms. The lowest BCUT2D eigenvalue weighted by Crippen LogP contribution is -2.33. The molecule has 0 spiro atoms. The number of aliphatic imine (C=N–C) groups is 1. The molecule has 0 unspecified atom stereocenters. The Morgan fingerprint density at radius 2 is 1.55 bits per heavy atom. The zero-order chi connectivity index (χ0) is 40.9. The largest absolute Gasteiger partial charge is 0.390 e. The third-order valence-electron chi connectivity index (χ3n) is 12.5. The normalized spacial score (nSPS) is 16.4. The van der Waals surface area contributed by atoms with Gasteiger partial charge in [0.15, 0.2) is 5.82 Å². The minimum Gasteiger partial charge on any atom is -0.390 e. The first-order valence-corrected chi connectivity index (χ1v) is 21.3. The van der Waals surface area contributed by atoms with E-state index in [4.69, 9.17) is 27.7 Å². The summed E-state index contributed by atoms with van der Waals surface area (Å²) >= 11 is 0. The Hall–Kier alpha value is -5.79. The van der Waals surface area contributed by atoms with E-state index in [1.54, 1.807) is 12.4 Å². The molecule has 298 valence electrons. The van der Waals surface area contributed by atoms with Gasteiger partial charge in [0, 0.05) is 11.9 Å². The number of unbranched alkanes of at least 4 members (excludes halogenated alkanes) is 3. The lowest BCUT2D eigenvalue weighted by atomic mass is 9.66. The first kappa shape index (κ1) is 41.8. The van der Waals surface area contributed by atoms with E-state index in [2.05, 4.69) is 115 Å². The summed E-state index contributed by atoms with van der Waals surface area (Å²) in [4.78, 5) is 13.6. The van der Waals surface area contributed by atoms with E-state index in [0.29, 0.717) is 5.82 Å². The van der Waals surface area contributed by atoms with Crippen molar-refractivity contribution in [3.05, 3.63) is 160 Å².